The summed E-state index contributed by atoms with van der Waals surface area (Å²) >= 11 is 0. The summed E-state index contributed by atoms with van der Waals surface area (Å²) in [6, 6.07) is 0.152. The number of nitrogens with zero attached hydrogens (tertiary/aromatic N) is 1. The molecule has 2 N–H and O–H groups in total. The van der Waals surface area contributed by atoms with Gasteiger partial charge in [0.05, 0.1) is 6.10 Å². The highest BCUT2D eigenvalue weighted by Gasteiger charge is 2.54. The molecule has 0 aromatic heterocycles. The Labute approximate surface area is 182 Å². The molecule has 5 nitrogen and oxygen atoms in total. The third kappa shape index (κ3) is 4.16. The van der Waals surface area contributed by atoms with Gasteiger partial charge in [-0.1, -0.05) is 27.7 Å². The zero-order valence-electron chi connectivity index (χ0n) is 19.4. The molecular weight excluding hydrogens is 376 g/mol. The Morgan fingerprint density at radius 1 is 1.03 bits per heavy atom. The smallest absolute Gasteiger partial charge is 0.225 e. The molecule has 1 aliphatic heterocycles. The predicted octanol–water partition coefficient (Wildman–Crippen LogP) is 3.60. The van der Waals surface area contributed by atoms with Crippen LogP contribution in [-0.4, -0.2) is 47.1 Å². The quantitative estimate of drug-likeness (QED) is 0.733. The fraction of sp³-hybridized carbons (Fsp3) is 0.920. The molecule has 3 aliphatic carbocycles. The maximum atomic E-state index is 13.2. The zero-order chi connectivity index (χ0) is 21.6. The largest absolute Gasteiger partial charge is 0.392 e. The van der Waals surface area contributed by atoms with Gasteiger partial charge in [-0.15, -0.1) is 0 Å². The van der Waals surface area contributed by atoms with Crippen molar-refractivity contribution in [2.75, 3.05) is 13.1 Å². The molecule has 5 heteroatoms. The summed E-state index contributed by atoms with van der Waals surface area (Å²) in [6.07, 6.45) is 7.80. The van der Waals surface area contributed by atoms with Crippen LogP contribution in [0.3, 0.4) is 0 Å². The number of nitrogens with one attached hydrogen (secondary N) is 1. The van der Waals surface area contributed by atoms with E-state index in [2.05, 4.69) is 26.1 Å². The molecule has 7 atom stereocenters. The van der Waals surface area contributed by atoms with Crippen LogP contribution < -0.4 is 5.32 Å². The Balaban J connectivity index is 1.44. The second-order valence-corrected chi connectivity index (χ2v) is 11.5. The zero-order valence-corrected chi connectivity index (χ0v) is 19.4. The van der Waals surface area contributed by atoms with Gasteiger partial charge in [-0.05, 0) is 80.5 Å². The molecule has 3 saturated carbocycles. The molecule has 170 valence electrons. The van der Waals surface area contributed by atoms with E-state index in [1.54, 1.807) is 0 Å². The van der Waals surface area contributed by atoms with Crippen molar-refractivity contribution in [2.24, 2.45) is 40.9 Å². The first kappa shape index (κ1) is 22.1. The Hall–Kier alpha value is -1.10. The lowest BCUT2D eigenvalue weighted by Crippen LogP contribution is -2.59. The minimum Gasteiger partial charge on any atom is -0.392 e. The lowest BCUT2D eigenvalue weighted by molar-refractivity contribution is -0.152. The summed E-state index contributed by atoms with van der Waals surface area (Å²) in [5, 5.41) is 14.8. The molecule has 0 aromatic rings. The first-order valence-corrected chi connectivity index (χ1v) is 12.5. The van der Waals surface area contributed by atoms with E-state index in [0.29, 0.717) is 5.92 Å². The second-order valence-electron chi connectivity index (χ2n) is 11.5. The van der Waals surface area contributed by atoms with Gasteiger partial charge in [0.2, 0.25) is 11.8 Å². The van der Waals surface area contributed by atoms with Crippen LogP contribution in [0.5, 0.6) is 0 Å². The van der Waals surface area contributed by atoms with Gasteiger partial charge in [-0.25, -0.2) is 0 Å². The Kier molecular flexibility index (Phi) is 6.22. The van der Waals surface area contributed by atoms with Gasteiger partial charge < -0.3 is 15.3 Å². The van der Waals surface area contributed by atoms with Crippen LogP contribution in [0.15, 0.2) is 0 Å². The number of likely N-dealkylation sites (tertiary alicyclic amines) is 1. The number of aliphatic hydroxyl groups excluding tert-OH is 1. The Morgan fingerprint density at radius 3 is 2.30 bits per heavy atom. The topological polar surface area (TPSA) is 69.6 Å². The summed E-state index contributed by atoms with van der Waals surface area (Å²) < 4.78 is 0. The number of aliphatic hydroxyl groups is 1. The van der Waals surface area contributed by atoms with Gasteiger partial charge in [0.1, 0.15) is 0 Å². The number of amides is 2. The third-order valence-electron chi connectivity index (χ3n) is 9.29. The SMILES string of the molecule is CC1CCN(C(=O)[C@@H](C)[C@@H]2CC[C@@]3(C)CC[C@H](NC(=O)C4CC4)[C@@H](C)[C@@H]3[C@H]2O)CC1. The minimum absolute atomic E-state index is 0.0234. The van der Waals surface area contributed by atoms with E-state index in [1.807, 2.05) is 11.8 Å². The van der Waals surface area contributed by atoms with E-state index in [4.69, 9.17) is 0 Å². The van der Waals surface area contributed by atoms with Gasteiger partial charge in [-0.2, -0.15) is 0 Å². The molecule has 2 amide bonds. The maximum Gasteiger partial charge on any atom is 0.225 e. The molecule has 0 unspecified atom stereocenters. The summed E-state index contributed by atoms with van der Waals surface area (Å²) in [6.45, 7) is 10.6. The number of rotatable bonds is 4. The van der Waals surface area contributed by atoms with Crippen molar-refractivity contribution in [2.45, 2.75) is 91.2 Å². The normalized spacial score (nSPS) is 41.1. The molecule has 0 radical (unpaired) electrons. The molecule has 0 bridgehead atoms. The van der Waals surface area contributed by atoms with Crippen LogP contribution in [0.2, 0.25) is 0 Å². The number of fused-ring (bicyclic) bond motifs is 1. The predicted molar refractivity (Wildman–Crippen MR) is 118 cm³/mol. The van der Waals surface area contributed by atoms with E-state index in [-0.39, 0.29) is 52.9 Å². The lowest BCUT2D eigenvalue weighted by atomic mass is 9.51. The molecule has 1 saturated heterocycles. The number of carbonyl (C=O) groups is 2. The van der Waals surface area contributed by atoms with Gasteiger partial charge in [-0.3, -0.25) is 9.59 Å². The highest BCUT2D eigenvalue weighted by Crippen LogP contribution is 2.55. The molecule has 4 fully saturated rings. The van der Waals surface area contributed by atoms with E-state index < -0.39 is 6.10 Å². The molecule has 4 rings (SSSR count). The number of piperidine rings is 1. The van der Waals surface area contributed by atoms with E-state index in [9.17, 15) is 14.7 Å². The van der Waals surface area contributed by atoms with Crippen LogP contribution in [0.25, 0.3) is 0 Å². The Morgan fingerprint density at radius 2 is 1.67 bits per heavy atom. The monoisotopic (exact) mass is 418 g/mol. The van der Waals surface area contributed by atoms with Gasteiger partial charge in [0.15, 0.2) is 0 Å². The second kappa shape index (κ2) is 8.44. The minimum atomic E-state index is -0.470. The average Bonchev–Trinajstić information content (AvgIpc) is 3.55. The van der Waals surface area contributed by atoms with Crippen molar-refractivity contribution in [3.8, 4) is 0 Å². The summed E-state index contributed by atoms with van der Waals surface area (Å²) in [5.41, 5.74) is 0.111. The van der Waals surface area contributed by atoms with Crippen molar-refractivity contribution in [1.82, 2.24) is 10.2 Å². The van der Waals surface area contributed by atoms with Crippen molar-refractivity contribution >= 4 is 11.8 Å². The van der Waals surface area contributed by atoms with Gasteiger partial charge in [0, 0.05) is 31.0 Å². The number of hydrogen-bond donors (Lipinski definition) is 2. The third-order valence-corrected chi connectivity index (χ3v) is 9.29. The van der Waals surface area contributed by atoms with Gasteiger partial charge in [0.25, 0.3) is 0 Å². The van der Waals surface area contributed by atoms with Gasteiger partial charge >= 0.3 is 0 Å². The first-order valence-electron chi connectivity index (χ1n) is 12.5. The standard InChI is InChI=1S/C25H42N2O3/c1-15-9-13-27(14-10-15)24(30)16(2)19-7-11-25(4)12-8-20(17(3)21(25)22(19)28)26-23(29)18-5-6-18/h15-22,28H,5-14H2,1-4H3,(H,26,29)/t16-,17+,19-,20-,21+,22-,25-/m0/s1. The van der Waals surface area contributed by atoms with Crippen molar-refractivity contribution in [3.05, 3.63) is 0 Å². The maximum absolute atomic E-state index is 13.2. The number of hydrogen-bond acceptors (Lipinski definition) is 3. The molecule has 0 aromatic carbocycles. The summed E-state index contributed by atoms with van der Waals surface area (Å²) in [4.78, 5) is 27.6. The molecule has 0 spiro atoms. The average molecular weight is 419 g/mol. The van der Waals surface area contributed by atoms with Crippen LogP contribution in [0.1, 0.15) is 79.1 Å². The fourth-order valence-electron chi connectivity index (χ4n) is 6.84. The van der Waals surface area contributed by atoms with E-state index in [1.165, 1.54) is 0 Å². The van der Waals surface area contributed by atoms with Crippen molar-refractivity contribution < 1.29 is 14.7 Å². The summed E-state index contributed by atoms with van der Waals surface area (Å²) in [5.74, 6) is 1.64. The molecule has 1 heterocycles. The molecule has 30 heavy (non-hydrogen) atoms. The molecule has 4 aliphatic rings. The van der Waals surface area contributed by atoms with Crippen molar-refractivity contribution in [1.29, 1.82) is 0 Å². The highest BCUT2D eigenvalue weighted by molar-refractivity contribution is 5.81. The van der Waals surface area contributed by atoms with Crippen molar-refractivity contribution in [3.63, 3.8) is 0 Å². The Bertz CT molecular complexity index is 655. The van der Waals surface area contributed by atoms with Crippen LogP contribution >= 0.6 is 0 Å². The van der Waals surface area contributed by atoms with Crippen LogP contribution in [0.4, 0.5) is 0 Å². The number of carbonyl (C=O) groups excluding carboxylic acids is 2. The lowest BCUT2D eigenvalue weighted by Gasteiger charge is -2.56. The van der Waals surface area contributed by atoms with E-state index in [0.717, 1.165) is 64.5 Å². The van der Waals surface area contributed by atoms with Crippen LogP contribution in [0, 0.1) is 40.9 Å². The first-order chi connectivity index (χ1) is 14.2. The fourth-order valence-corrected chi connectivity index (χ4v) is 6.84. The van der Waals surface area contributed by atoms with E-state index >= 15 is 0 Å². The van der Waals surface area contributed by atoms with Crippen LogP contribution in [-0.2, 0) is 9.59 Å². The summed E-state index contributed by atoms with van der Waals surface area (Å²) in [7, 11) is 0. The molecular formula is C25H42N2O3. The highest BCUT2D eigenvalue weighted by atomic mass is 16.3.